The Balaban J connectivity index is 2.45. The third kappa shape index (κ3) is 7.26. The van der Waals surface area contributed by atoms with Crippen molar-refractivity contribution in [2.75, 3.05) is 19.6 Å². The fourth-order valence-electron chi connectivity index (χ4n) is 1.84. The average Bonchev–Trinajstić information content (AvgIpc) is 2.73. The van der Waals surface area contributed by atoms with E-state index in [0.717, 1.165) is 18.0 Å². The maximum Gasteiger partial charge on any atom is 0.401 e. The molecule has 2 nitrogen and oxygen atoms in total. The van der Waals surface area contributed by atoms with Crippen molar-refractivity contribution in [3.8, 4) is 0 Å². The zero-order valence-electron chi connectivity index (χ0n) is 12.3. The van der Waals surface area contributed by atoms with E-state index in [0.29, 0.717) is 19.0 Å². The van der Waals surface area contributed by atoms with Crippen LogP contribution in [0.1, 0.15) is 30.5 Å². The van der Waals surface area contributed by atoms with Crippen LogP contribution in [0, 0.1) is 5.92 Å². The summed E-state index contributed by atoms with van der Waals surface area (Å²) in [7, 11) is 0. The summed E-state index contributed by atoms with van der Waals surface area (Å²) in [5.74, 6) is 0.594. The van der Waals surface area contributed by atoms with Gasteiger partial charge in [-0.05, 0) is 31.1 Å². The molecule has 0 aliphatic rings. The predicted molar refractivity (Wildman–Crippen MR) is 77.9 cm³/mol. The summed E-state index contributed by atoms with van der Waals surface area (Å²) < 4.78 is 37.2. The van der Waals surface area contributed by atoms with Crippen LogP contribution in [-0.2, 0) is 13.1 Å². The SMILES string of the molecule is CCN(Cc1ccc(CNCC(C)C)s1)CC(F)(F)F. The number of nitrogens with one attached hydrogen (secondary N) is 1. The van der Waals surface area contributed by atoms with E-state index in [1.165, 1.54) is 9.78 Å². The Labute approximate surface area is 123 Å². The number of hydrogen-bond acceptors (Lipinski definition) is 3. The number of hydrogen-bond donors (Lipinski definition) is 1. The van der Waals surface area contributed by atoms with Crippen molar-refractivity contribution in [1.82, 2.24) is 10.2 Å². The molecule has 0 amide bonds. The predicted octanol–water partition coefficient (Wildman–Crippen LogP) is 3.88. The van der Waals surface area contributed by atoms with Gasteiger partial charge in [-0.3, -0.25) is 4.90 Å². The first-order chi connectivity index (χ1) is 9.30. The lowest BCUT2D eigenvalue weighted by atomic mass is 10.2. The number of nitrogens with zero attached hydrogens (tertiary/aromatic N) is 1. The van der Waals surface area contributed by atoms with E-state index in [1.54, 1.807) is 18.3 Å². The van der Waals surface area contributed by atoms with Gasteiger partial charge in [0, 0.05) is 22.8 Å². The molecule has 0 aromatic carbocycles. The summed E-state index contributed by atoms with van der Waals surface area (Å²) >= 11 is 1.58. The molecule has 0 saturated carbocycles. The molecule has 20 heavy (non-hydrogen) atoms. The summed E-state index contributed by atoms with van der Waals surface area (Å²) in [5, 5.41) is 3.34. The normalized spacial score (nSPS) is 12.6. The number of alkyl halides is 3. The molecule has 0 saturated heterocycles. The monoisotopic (exact) mass is 308 g/mol. The van der Waals surface area contributed by atoms with E-state index in [4.69, 9.17) is 0 Å². The van der Waals surface area contributed by atoms with E-state index >= 15 is 0 Å². The number of thiophene rings is 1. The highest BCUT2D eigenvalue weighted by Crippen LogP contribution is 2.21. The average molecular weight is 308 g/mol. The fraction of sp³-hybridized carbons (Fsp3) is 0.714. The lowest BCUT2D eigenvalue weighted by Crippen LogP contribution is -2.33. The summed E-state index contributed by atoms with van der Waals surface area (Å²) in [6.07, 6.45) is -4.13. The molecule has 0 spiro atoms. The van der Waals surface area contributed by atoms with Gasteiger partial charge >= 0.3 is 6.18 Å². The number of rotatable bonds is 8. The lowest BCUT2D eigenvalue weighted by molar-refractivity contribution is -0.146. The molecule has 0 fully saturated rings. The van der Waals surface area contributed by atoms with Crippen molar-refractivity contribution >= 4 is 11.3 Å². The van der Waals surface area contributed by atoms with Crippen molar-refractivity contribution < 1.29 is 13.2 Å². The Hall–Kier alpha value is -0.590. The quantitative estimate of drug-likeness (QED) is 0.784. The molecule has 6 heteroatoms. The van der Waals surface area contributed by atoms with Gasteiger partial charge in [0.15, 0.2) is 0 Å². The highest BCUT2D eigenvalue weighted by Gasteiger charge is 2.30. The first-order valence-electron chi connectivity index (χ1n) is 6.87. The Morgan fingerprint density at radius 1 is 1.25 bits per heavy atom. The number of halogens is 3. The largest absolute Gasteiger partial charge is 0.401 e. The van der Waals surface area contributed by atoms with Crippen LogP contribution in [0.25, 0.3) is 0 Å². The van der Waals surface area contributed by atoms with Crippen molar-refractivity contribution in [3.63, 3.8) is 0 Å². The van der Waals surface area contributed by atoms with Crippen LogP contribution >= 0.6 is 11.3 Å². The summed E-state index contributed by atoms with van der Waals surface area (Å²) in [4.78, 5) is 3.57. The van der Waals surface area contributed by atoms with E-state index < -0.39 is 12.7 Å². The zero-order valence-corrected chi connectivity index (χ0v) is 13.1. The molecule has 0 aliphatic carbocycles. The van der Waals surface area contributed by atoms with Gasteiger partial charge in [0.05, 0.1) is 6.54 Å². The molecular formula is C14H23F3N2S. The second-order valence-corrected chi connectivity index (χ2v) is 6.56. The van der Waals surface area contributed by atoms with E-state index in [9.17, 15) is 13.2 Å². The minimum Gasteiger partial charge on any atom is -0.312 e. The maximum absolute atomic E-state index is 12.4. The highest BCUT2D eigenvalue weighted by atomic mass is 32.1. The molecule has 1 aromatic heterocycles. The van der Waals surface area contributed by atoms with Crippen LogP contribution in [0.15, 0.2) is 12.1 Å². The molecule has 0 radical (unpaired) electrons. The molecule has 1 N–H and O–H groups in total. The molecular weight excluding hydrogens is 285 g/mol. The molecule has 116 valence electrons. The zero-order chi connectivity index (χ0) is 15.2. The van der Waals surface area contributed by atoms with Gasteiger partial charge in [-0.25, -0.2) is 0 Å². The highest BCUT2D eigenvalue weighted by molar-refractivity contribution is 7.11. The van der Waals surface area contributed by atoms with Gasteiger partial charge in [-0.1, -0.05) is 20.8 Å². The Morgan fingerprint density at radius 2 is 1.90 bits per heavy atom. The van der Waals surface area contributed by atoms with Gasteiger partial charge in [-0.15, -0.1) is 11.3 Å². The van der Waals surface area contributed by atoms with Crippen LogP contribution in [0.5, 0.6) is 0 Å². The van der Waals surface area contributed by atoms with Crippen molar-refractivity contribution in [2.24, 2.45) is 5.92 Å². The summed E-state index contributed by atoms with van der Waals surface area (Å²) in [5.41, 5.74) is 0. The fourth-order valence-corrected chi connectivity index (χ4v) is 2.87. The first kappa shape index (κ1) is 17.5. The van der Waals surface area contributed by atoms with E-state index in [2.05, 4.69) is 19.2 Å². The van der Waals surface area contributed by atoms with Gasteiger partial charge in [0.1, 0.15) is 0 Å². The van der Waals surface area contributed by atoms with Crippen molar-refractivity contribution in [1.29, 1.82) is 0 Å². The standard InChI is InChI=1S/C14H23F3N2S/c1-4-19(10-14(15,16)17)9-13-6-5-12(20-13)8-18-7-11(2)3/h5-6,11,18H,4,7-10H2,1-3H3. The van der Waals surface area contributed by atoms with Crippen LogP contribution in [0.2, 0.25) is 0 Å². The molecule has 0 unspecified atom stereocenters. The Kier molecular flexibility index (Phi) is 6.99. The Bertz CT molecular complexity index is 388. The molecule has 0 aliphatic heterocycles. The molecule has 1 rings (SSSR count). The first-order valence-corrected chi connectivity index (χ1v) is 7.69. The van der Waals surface area contributed by atoms with Gasteiger partial charge < -0.3 is 5.32 Å². The van der Waals surface area contributed by atoms with Crippen LogP contribution in [0.4, 0.5) is 13.2 Å². The van der Waals surface area contributed by atoms with Gasteiger partial charge in [0.2, 0.25) is 0 Å². The van der Waals surface area contributed by atoms with Crippen LogP contribution in [0.3, 0.4) is 0 Å². The Morgan fingerprint density at radius 3 is 2.45 bits per heavy atom. The molecule has 1 heterocycles. The minimum atomic E-state index is -4.13. The minimum absolute atomic E-state index is 0.366. The smallest absolute Gasteiger partial charge is 0.312 e. The second kappa shape index (κ2) is 8.00. The van der Waals surface area contributed by atoms with Crippen LogP contribution < -0.4 is 5.32 Å². The van der Waals surface area contributed by atoms with Crippen molar-refractivity contribution in [2.45, 2.75) is 40.0 Å². The van der Waals surface area contributed by atoms with E-state index in [-0.39, 0.29) is 0 Å². The second-order valence-electron chi connectivity index (χ2n) is 5.31. The topological polar surface area (TPSA) is 15.3 Å². The molecule has 0 bridgehead atoms. The summed E-state index contributed by atoms with van der Waals surface area (Å²) in [6.45, 7) is 7.69. The lowest BCUT2D eigenvalue weighted by Gasteiger charge is -2.20. The third-order valence-corrected chi connectivity index (χ3v) is 3.87. The van der Waals surface area contributed by atoms with Gasteiger partial charge in [0.25, 0.3) is 0 Å². The van der Waals surface area contributed by atoms with Crippen LogP contribution in [-0.4, -0.2) is 30.7 Å². The van der Waals surface area contributed by atoms with E-state index in [1.807, 2.05) is 12.1 Å². The third-order valence-electron chi connectivity index (χ3n) is 2.80. The van der Waals surface area contributed by atoms with Gasteiger partial charge in [-0.2, -0.15) is 13.2 Å². The maximum atomic E-state index is 12.4. The summed E-state index contributed by atoms with van der Waals surface area (Å²) in [6, 6.07) is 3.92. The van der Waals surface area contributed by atoms with Crippen molar-refractivity contribution in [3.05, 3.63) is 21.9 Å². The molecule has 1 aromatic rings. The molecule has 0 atom stereocenters.